The number of nitrogens with zero attached hydrogens (tertiary/aromatic N) is 2. The van der Waals surface area contributed by atoms with Crippen LogP contribution < -0.4 is 5.73 Å². The van der Waals surface area contributed by atoms with Crippen molar-refractivity contribution in [3.63, 3.8) is 0 Å². The van der Waals surface area contributed by atoms with Gasteiger partial charge in [-0.1, -0.05) is 15.9 Å². The molecule has 0 aliphatic carbocycles. The number of imidazole rings is 1. The number of nitrogens with two attached hydrogens (primary N) is 1. The highest BCUT2D eigenvalue weighted by atomic mass is 79.9. The van der Waals surface area contributed by atoms with E-state index in [0.29, 0.717) is 11.0 Å². The molecule has 0 unspecified atom stereocenters. The fraction of sp³-hybridized carbons (Fsp3) is 0.300. The zero-order valence-corrected chi connectivity index (χ0v) is 11.8. The maximum atomic E-state index is 12.2. The molecule has 2 N–H and O–H groups in total. The molecule has 0 aliphatic rings. The Hall–Kier alpha value is -1.08. The van der Waals surface area contributed by atoms with Gasteiger partial charge >= 0.3 is 0 Å². The molecule has 0 spiro atoms. The van der Waals surface area contributed by atoms with Crippen molar-refractivity contribution in [1.29, 1.82) is 0 Å². The molecule has 17 heavy (non-hydrogen) atoms. The standard InChI is InChI=1S/C10H12BrN3O2S/c1-6(2)17(15,16)14-9-5-7(11)3-4-8(9)13-10(14)12/h3-6H,1-2H3,(H2,12,13). The van der Waals surface area contributed by atoms with Crippen molar-refractivity contribution in [3.05, 3.63) is 22.7 Å². The van der Waals surface area contributed by atoms with Crippen LogP contribution in [0.2, 0.25) is 0 Å². The van der Waals surface area contributed by atoms with Crippen LogP contribution in [0.25, 0.3) is 11.0 Å². The van der Waals surface area contributed by atoms with E-state index in [4.69, 9.17) is 5.73 Å². The van der Waals surface area contributed by atoms with E-state index in [1.54, 1.807) is 32.0 Å². The molecule has 0 fully saturated rings. The number of hydrogen-bond donors (Lipinski definition) is 1. The first-order chi connectivity index (χ1) is 7.84. The van der Waals surface area contributed by atoms with E-state index in [9.17, 15) is 8.42 Å². The monoisotopic (exact) mass is 317 g/mol. The number of fused-ring (bicyclic) bond motifs is 1. The molecule has 1 aromatic heterocycles. The highest BCUT2D eigenvalue weighted by molar-refractivity contribution is 9.10. The Morgan fingerprint density at radius 2 is 2.06 bits per heavy atom. The minimum absolute atomic E-state index is 0.00759. The fourth-order valence-corrected chi connectivity index (χ4v) is 3.02. The summed E-state index contributed by atoms with van der Waals surface area (Å²) in [5.74, 6) is -0.00759. The highest BCUT2D eigenvalue weighted by Gasteiger charge is 2.24. The summed E-state index contributed by atoms with van der Waals surface area (Å²) in [5, 5.41) is -0.554. The third-order valence-electron chi connectivity index (χ3n) is 2.45. The molecule has 0 aliphatic heterocycles. The predicted octanol–water partition coefficient (Wildman–Crippen LogP) is 1.97. The van der Waals surface area contributed by atoms with E-state index >= 15 is 0 Å². The first kappa shape index (κ1) is 12.4. The van der Waals surface area contributed by atoms with Gasteiger partial charge in [0.1, 0.15) is 0 Å². The Morgan fingerprint density at radius 3 is 2.65 bits per heavy atom. The largest absolute Gasteiger partial charge is 0.368 e. The van der Waals surface area contributed by atoms with Gasteiger partial charge in [0.15, 0.2) is 0 Å². The zero-order valence-electron chi connectivity index (χ0n) is 9.38. The first-order valence-electron chi connectivity index (χ1n) is 5.02. The number of rotatable bonds is 2. The van der Waals surface area contributed by atoms with Gasteiger partial charge in [-0.25, -0.2) is 17.4 Å². The number of hydrogen-bond acceptors (Lipinski definition) is 4. The van der Waals surface area contributed by atoms with Crippen LogP contribution in [0.5, 0.6) is 0 Å². The zero-order chi connectivity index (χ0) is 12.8. The van der Waals surface area contributed by atoms with E-state index in [1.807, 2.05) is 0 Å². The SMILES string of the molecule is CC(C)S(=O)(=O)n1c(N)nc2ccc(Br)cc21. The van der Waals surface area contributed by atoms with E-state index in [0.717, 1.165) is 8.45 Å². The summed E-state index contributed by atoms with van der Waals surface area (Å²) in [5.41, 5.74) is 6.74. The number of aromatic nitrogens is 2. The van der Waals surface area contributed by atoms with Crippen LogP contribution in [0.15, 0.2) is 22.7 Å². The van der Waals surface area contributed by atoms with Crippen molar-refractivity contribution in [2.75, 3.05) is 5.73 Å². The third-order valence-corrected chi connectivity index (χ3v) is 5.03. The molecule has 2 aromatic rings. The van der Waals surface area contributed by atoms with Crippen molar-refractivity contribution in [1.82, 2.24) is 8.96 Å². The Bertz CT molecular complexity index is 676. The van der Waals surface area contributed by atoms with Crippen LogP contribution >= 0.6 is 15.9 Å². The normalized spacial score (nSPS) is 12.5. The Balaban J connectivity index is 2.86. The minimum Gasteiger partial charge on any atom is -0.368 e. The molecule has 1 heterocycles. The number of anilines is 1. The second-order valence-corrected chi connectivity index (χ2v) is 7.21. The number of benzene rings is 1. The average Bonchev–Trinajstić information content (AvgIpc) is 2.53. The molecule has 5 nitrogen and oxygen atoms in total. The summed E-state index contributed by atoms with van der Waals surface area (Å²) in [6, 6.07) is 5.21. The Kier molecular flexibility index (Phi) is 2.90. The van der Waals surface area contributed by atoms with Gasteiger partial charge in [-0.15, -0.1) is 0 Å². The third kappa shape index (κ3) is 1.93. The van der Waals surface area contributed by atoms with Gasteiger partial charge in [0.2, 0.25) is 16.0 Å². The molecule has 92 valence electrons. The van der Waals surface area contributed by atoms with Gasteiger partial charge in [-0.2, -0.15) is 0 Å². The second-order valence-electron chi connectivity index (χ2n) is 3.96. The molecule has 0 atom stereocenters. The minimum atomic E-state index is -3.50. The summed E-state index contributed by atoms with van der Waals surface area (Å²) >= 11 is 3.30. The number of halogens is 1. The molecule has 1 aromatic carbocycles. The average molecular weight is 318 g/mol. The van der Waals surface area contributed by atoms with Crippen LogP contribution in [0.1, 0.15) is 13.8 Å². The summed E-state index contributed by atoms with van der Waals surface area (Å²) in [7, 11) is -3.50. The molecule has 0 bridgehead atoms. The fourth-order valence-electron chi connectivity index (χ4n) is 1.52. The van der Waals surface area contributed by atoms with E-state index in [-0.39, 0.29) is 5.95 Å². The van der Waals surface area contributed by atoms with Crippen LogP contribution in [0, 0.1) is 0 Å². The first-order valence-corrected chi connectivity index (χ1v) is 7.31. The molecule has 0 radical (unpaired) electrons. The lowest BCUT2D eigenvalue weighted by Crippen LogP contribution is -2.23. The highest BCUT2D eigenvalue weighted by Crippen LogP contribution is 2.25. The van der Waals surface area contributed by atoms with E-state index < -0.39 is 15.3 Å². The van der Waals surface area contributed by atoms with Crippen LogP contribution in [0.4, 0.5) is 5.95 Å². The molecule has 2 rings (SSSR count). The lowest BCUT2D eigenvalue weighted by molar-refractivity contribution is 0.580. The van der Waals surface area contributed by atoms with Gasteiger partial charge in [-0.05, 0) is 32.0 Å². The number of nitrogen functional groups attached to an aromatic ring is 1. The maximum Gasteiger partial charge on any atom is 0.244 e. The van der Waals surface area contributed by atoms with Crippen LogP contribution in [0.3, 0.4) is 0 Å². The van der Waals surface area contributed by atoms with Crippen LogP contribution in [-0.4, -0.2) is 22.6 Å². The topological polar surface area (TPSA) is 78.0 Å². The van der Waals surface area contributed by atoms with Crippen molar-refractivity contribution in [3.8, 4) is 0 Å². The molecular weight excluding hydrogens is 306 g/mol. The van der Waals surface area contributed by atoms with Gasteiger partial charge < -0.3 is 5.73 Å². The van der Waals surface area contributed by atoms with Crippen molar-refractivity contribution >= 4 is 42.9 Å². The molecular formula is C10H12BrN3O2S. The smallest absolute Gasteiger partial charge is 0.244 e. The second kappa shape index (κ2) is 3.99. The lowest BCUT2D eigenvalue weighted by Gasteiger charge is -2.10. The summed E-state index contributed by atoms with van der Waals surface area (Å²) in [6.45, 7) is 3.22. The molecule has 0 saturated carbocycles. The van der Waals surface area contributed by atoms with E-state index in [1.165, 1.54) is 0 Å². The van der Waals surface area contributed by atoms with Gasteiger partial charge in [0.05, 0.1) is 16.3 Å². The van der Waals surface area contributed by atoms with Crippen molar-refractivity contribution in [2.45, 2.75) is 19.1 Å². The van der Waals surface area contributed by atoms with Crippen molar-refractivity contribution in [2.24, 2.45) is 0 Å². The Morgan fingerprint density at radius 1 is 1.41 bits per heavy atom. The van der Waals surface area contributed by atoms with Crippen molar-refractivity contribution < 1.29 is 8.42 Å². The van der Waals surface area contributed by atoms with Crippen LogP contribution in [-0.2, 0) is 10.0 Å². The van der Waals surface area contributed by atoms with Gasteiger partial charge in [0, 0.05) is 4.47 Å². The van der Waals surface area contributed by atoms with E-state index in [2.05, 4.69) is 20.9 Å². The van der Waals surface area contributed by atoms with Gasteiger partial charge in [0.25, 0.3) is 0 Å². The summed E-state index contributed by atoms with van der Waals surface area (Å²) < 4.78 is 26.2. The Labute approximate surface area is 108 Å². The molecule has 0 amide bonds. The summed E-state index contributed by atoms with van der Waals surface area (Å²) in [6.07, 6.45) is 0. The maximum absolute atomic E-state index is 12.2. The predicted molar refractivity (Wildman–Crippen MR) is 71.3 cm³/mol. The molecule has 0 saturated heterocycles. The quantitative estimate of drug-likeness (QED) is 0.918. The summed E-state index contributed by atoms with van der Waals surface area (Å²) in [4.78, 5) is 4.04. The molecule has 7 heteroatoms. The lowest BCUT2D eigenvalue weighted by atomic mass is 10.3. The van der Waals surface area contributed by atoms with Gasteiger partial charge in [-0.3, -0.25) is 0 Å².